The Balaban J connectivity index is 1.79. The number of alkyl halides is 1. The molecule has 40 heavy (non-hydrogen) atoms. The normalized spacial score (nSPS) is 11.8. The molecule has 6 nitrogen and oxygen atoms in total. The minimum atomic E-state index is -3.97. The third kappa shape index (κ3) is 6.88. The van der Waals surface area contributed by atoms with Gasteiger partial charge in [0.05, 0.1) is 11.5 Å². The maximum atomic E-state index is 13.8. The Morgan fingerprint density at radius 2 is 1.23 bits per heavy atom. The molecule has 0 spiro atoms. The summed E-state index contributed by atoms with van der Waals surface area (Å²) in [7, 11) is -3.97. The van der Waals surface area contributed by atoms with Gasteiger partial charge in [0.25, 0.3) is 5.91 Å². The van der Waals surface area contributed by atoms with E-state index in [4.69, 9.17) is 4.84 Å². The number of hydroxylamine groups is 2. The fraction of sp³-hybridized carbons (Fsp3) is 0.219. The molecular weight excluding hydrogens is 590 g/mol. The van der Waals surface area contributed by atoms with Crippen molar-refractivity contribution in [2.24, 2.45) is 0 Å². The van der Waals surface area contributed by atoms with E-state index in [2.05, 4.69) is 15.9 Å². The van der Waals surface area contributed by atoms with Gasteiger partial charge in [-0.2, -0.15) is 0 Å². The summed E-state index contributed by atoms with van der Waals surface area (Å²) in [4.78, 5) is 20.6. The van der Waals surface area contributed by atoms with Gasteiger partial charge in [-0.05, 0) is 47.2 Å². The summed E-state index contributed by atoms with van der Waals surface area (Å²) < 4.78 is 26.6. The fourth-order valence-corrected chi connectivity index (χ4v) is 6.12. The van der Waals surface area contributed by atoms with Crippen molar-refractivity contribution in [1.29, 1.82) is 0 Å². The molecule has 1 amide bonds. The second kappa shape index (κ2) is 13.9. The van der Waals surface area contributed by atoms with Gasteiger partial charge in [0.2, 0.25) is 0 Å². The number of aliphatic hydroxyl groups excluding tert-OH is 1. The Labute approximate surface area is 244 Å². The summed E-state index contributed by atoms with van der Waals surface area (Å²) >= 11 is 3.44. The first-order valence-corrected chi connectivity index (χ1v) is 15.8. The van der Waals surface area contributed by atoms with E-state index in [1.807, 2.05) is 91.0 Å². The lowest BCUT2D eigenvalue weighted by molar-refractivity contribution is -0.220. The summed E-state index contributed by atoms with van der Waals surface area (Å²) in [6.45, 7) is 0.00659. The molecule has 0 saturated carbocycles. The smallest absolute Gasteiger partial charge is 0.261 e. The maximum Gasteiger partial charge on any atom is 0.261 e. The molecule has 0 bridgehead atoms. The lowest BCUT2D eigenvalue weighted by atomic mass is 9.80. The fourth-order valence-electron chi connectivity index (χ4n) is 4.53. The Kier molecular flexibility index (Phi) is 10.3. The van der Waals surface area contributed by atoms with Crippen LogP contribution in [-0.2, 0) is 31.7 Å². The molecule has 4 aromatic rings. The highest BCUT2D eigenvalue weighted by Gasteiger charge is 2.41. The molecule has 8 heteroatoms. The monoisotopic (exact) mass is 621 g/mol. The summed E-state index contributed by atoms with van der Waals surface area (Å²) in [6.07, 6.45) is 1.38. The number of hydrogen-bond acceptors (Lipinski definition) is 5. The molecule has 0 aliphatic carbocycles. The van der Waals surface area contributed by atoms with Gasteiger partial charge in [-0.25, -0.2) is 18.3 Å². The molecule has 0 saturated heterocycles. The lowest BCUT2D eigenvalue weighted by Gasteiger charge is -2.39. The number of hydrogen-bond donors (Lipinski definition) is 1. The van der Waals surface area contributed by atoms with E-state index in [0.29, 0.717) is 12.0 Å². The van der Waals surface area contributed by atoms with Crippen LogP contribution >= 0.6 is 15.9 Å². The predicted octanol–water partition coefficient (Wildman–Crippen LogP) is 5.88. The van der Waals surface area contributed by atoms with Gasteiger partial charge in [0, 0.05) is 11.9 Å². The average Bonchev–Trinajstić information content (AvgIpc) is 3.00. The summed E-state index contributed by atoms with van der Waals surface area (Å²) in [5.74, 6) is -1.42. The number of rotatable bonds is 13. The second-order valence-electron chi connectivity index (χ2n) is 9.32. The van der Waals surface area contributed by atoms with E-state index in [-0.39, 0.29) is 18.0 Å². The maximum absolute atomic E-state index is 13.8. The zero-order valence-electron chi connectivity index (χ0n) is 22.0. The molecule has 0 heterocycles. The van der Waals surface area contributed by atoms with Crippen molar-refractivity contribution in [3.63, 3.8) is 0 Å². The number of halogens is 1. The van der Waals surface area contributed by atoms with Gasteiger partial charge in [-0.1, -0.05) is 119 Å². The van der Waals surface area contributed by atoms with Crippen LogP contribution in [0, 0.1) is 0 Å². The quantitative estimate of drug-likeness (QED) is 0.0872. The van der Waals surface area contributed by atoms with Crippen molar-refractivity contribution < 1.29 is 23.2 Å². The molecular formula is C32H32BrNO5S. The first-order valence-electron chi connectivity index (χ1n) is 13.1. The van der Waals surface area contributed by atoms with E-state index in [1.165, 1.54) is 29.3 Å². The van der Waals surface area contributed by atoms with Crippen LogP contribution in [0.5, 0.6) is 0 Å². The highest BCUT2D eigenvalue weighted by atomic mass is 79.9. The largest absolute Gasteiger partial charge is 0.392 e. The minimum absolute atomic E-state index is 0.0129. The van der Waals surface area contributed by atoms with Crippen LogP contribution in [-0.4, -0.2) is 42.1 Å². The van der Waals surface area contributed by atoms with Crippen molar-refractivity contribution in [3.8, 4) is 0 Å². The molecule has 0 atom stereocenters. The lowest BCUT2D eigenvalue weighted by Crippen LogP contribution is -2.45. The molecule has 0 radical (unpaired) electrons. The van der Waals surface area contributed by atoms with Crippen LogP contribution in [0.25, 0.3) is 0 Å². The second-order valence-corrected chi connectivity index (χ2v) is 12.1. The number of carbonyl (C=O) groups is 1. The molecule has 4 rings (SSSR count). The van der Waals surface area contributed by atoms with Gasteiger partial charge < -0.3 is 5.11 Å². The van der Waals surface area contributed by atoms with Crippen molar-refractivity contribution >= 4 is 31.7 Å². The van der Waals surface area contributed by atoms with Crippen LogP contribution in [0.4, 0.5) is 0 Å². The zero-order valence-corrected chi connectivity index (χ0v) is 24.4. The number of benzene rings is 4. The van der Waals surface area contributed by atoms with E-state index in [9.17, 15) is 18.3 Å². The number of carbonyl (C=O) groups excluding carboxylic acids is 1. The van der Waals surface area contributed by atoms with Crippen molar-refractivity contribution in [2.75, 3.05) is 17.6 Å². The highest BCUT2D eigenvalue weighted by Crippen LogP contribution is 2.41. The van der Waals surface area contributed by atoms with E-state index >= 15 is 0 Å². The molecule has 4 aromatic carbocycles. The third-order valence-corrected chi connectivity index (χ3v) is 8.77. The van der Waals surface area contributed by atoms with Crippen LogP contribution in [0.3, 0.4) is 0 Å². The van der Waals surface area contributed by atoms with Crippen LogP contribution in [0.1, 0.15) is 35.1 Å². The van der Waals surface area contributed by atoms with Crippen LogP contribution < -0.4 is 0 Å². The summed E-state index contributed by atoms with van der Waals surface area (Å²) in [5, 5.41) is 11.3. The molecule has 1 N–H and O–H groups in total. The minimum Gasteiger partial charge on any atom is -0.392 e. The molecule has 0 unspecified atom stereocenters. The highest BCUT2D eigenvalue weighted by molar-refractivity contribution is 9.09. The Morgan fingerprint density at radius 3 is 1.65 bits per heavy atom. The van der Waals surface area contributed by atoms with Gasteiger partial charge >= 0.3 is 0 Å². The van der Waals surface area contributed by atoms with Crippen LogP contribution in [0.2, 0.25) is 0 Å². The Hall–Kier alpha value is -3.30. The first-order chi connectivity index (χ1) is 19.4. The first kappa shape index (κ1) is 29.7. The van der Waals surface area contributed by atoms with Gasteiger partial charge in [0.1, 0.15) is 5.75 Å². The van der Waals surface area contributed by atoms with Crippen molar-refractivity contribution in [3.05, 3.63) is 138 Å². The Bertz CT molecular complexity index is 1370. The molecule has 0 fully saturated rings. The van der Waals surface area contributed by atoms with Gasteiger partial charge in [-0.3, -0.25) is 4.79 Å². The summed E-state index contributed by atoms with van der Waals surface area (Å²) in [5.41, 5.74) is 1.76. The molecule has 0 aliphatic rings. The van der Waals surface area contributed by atoms with Gasteiger partial charge in [-0.15, -0.1) is 0 Å². The van der Waals surface area contributed by atoms with Crippen molar-refractivity contribution in [2.45, 2.75) is 29.9 Å². The number of amides is 1. The SMILES string of the molecule is O=C(CS(=O)(=O)c1ccc(CO)cc1)N(CCCCBr)OC(c1ccccc1)(c1ccccc1)c1ccccc1. The molecule has 0 aliphatic heterocycles. The van der Waals surface area contributed by atoms with Gasteiger partial charge in [0.15, 0.2) is 15.4 Å². The van der Waals surface area contributed by atoms with E-state index < -0.39 is 27.1 Å². The van der Waals surface area contributed by atoms with E-state index in [1.54, 1.807) is 0 Å². The zero-order chi connectivity index (χ0) is 28.4. The summed E-state index contributed by atoms with van der Waals surface area (Å²) in [6, 6.07) is 34.8. The van der Waals surface area contributed by atoms with E-state index in [0.717, 1.165) is 28.4 Å². The number of aliphatic hydroxyl groups is 1. The average molecular weight is 623 g/mol. The number of nitrogens with zero attached hydrogens (tertiary/aromatic N) is 1. The van der Waals surface area contributed by atoms with Crippen molar-refractivity contribution in [1.82, 2.24) is 5.06 Å². The standard InChI is InChI=1S/C32H32BrNO5S/c33-22-10-11-23-34(31(36)25-40(37,38)30-20-18-26(24-35)19-21-30)39-32(27-12-4-1-5-13-27,28-14-6-2-7-15-28)29-16-8-3-9-17-29/h1-9,12-21,35H,10-11,22-25H2. The molecule has 208 valence electrons. The topological polar surface area (TPSA) is 83.9 Å². The van der Waals surface area contributed by atoms with Crippen LogP contribution in [0.15, 0.2) is 120 Å². The Morgan fingerprint density at radius 1 is 0.750 bits per heavy atom. The molecule has 0 aromatic heterocycles. The number of sulfone groups is 1. The number of unbranched alkanes of at least 4 members (excludes halogenated alkanes) is 1. The third-order valence-electron chi connectivity index (χ3n) is 6.59. The predicted molar refractivity (Wildman–Crippen MR) is 159 cm³/mol.